The molecule has 0 saturated heterocycles. The Morgan fingerprint density at radius 2 is 2.10 bits per heavy atom. The van der Waals surface area contributed by atoms with Crippen molar-refractivity contribution in [3.8, 4) is 5.75 Å². The van der Waals surface area contributed by atoms with E-state index in [1.165, 1.54) is 11.4 Å². The van der Waals surface area contributed by atoms with Gasteiger partial charge >= 0.3 is 0 Å². The van der Waals surface area contributed by atoms with Crippen LogP contribution in [0.5, 0.6) is 5.75 Å². The summed E-state index contributed by atoms with van der Waals surface area (Å²) in [5.74, 6) is 0.498. The van der Waals surface area contributed by atoms with Crippen molar-refractivity contribution in [1.82, 2.24) is 5.32 Å². The highest BCUT2D eigenvalue weighted by Gasteiger charge is 2.38. The lowest BCUT2D eigenvalue weighted by atomic mass is 10.2. The quantitative estimate of drug-likeness (QED) is 0.890. The highest BCUT2D eigenvalue weighted by atomic mass is 32.2. The summed E-state index contributed by atoms with van der Waals surface area (Å²) in [6.07, 6.45) is 1.10. The number of para-hydroxylation sites is 2. The fourth-order valence-corrected chi connectivity index (χ4v) is 4.36. The lowest BCUT2D eigenvalue weighted by molar-refractivity contribution is -0.127. The van der Waals surface area contributed by atoms with E-state index in [0.29, 0.717) is 11.4 Å². The number of rotatable bonds is 4. The van der Waals surface area contributed by atoms with Gasteiger partial charge in [0, 0.05) is 7.05 Å². The van der Waals surface area contributed by atoms with Crippen LogP contribution in [0.4, 0.5) is 5.69 Å². The SMILES string of the molecule is CNC(=O)C1CN(S(=O)(=O)CC2CC2)c2ccccc2O1. The third-order valence-corrected chi connectivity index (χ3v) is 5.66. The van der Waals surface area contributed by atoms with Crippen molar-refractivity contribution in [3.63, 3.8) is 0 Å². The van der Waals surface area contributed by atoms with Gasteiger partial charge in [-0.2, -0.15) is 0 Å². The lowest BCUT2D eigenvalue weighted by Gasteiger charge is -2.34. The second-order valence-electron chi connectivity index (χ2n) is 5.44. The Hall–Kier alpha value is -1.76. The van der Waals surface area contributed by atoms with Crippen LogP contribution in [-0.4, -0.2) is 39.8 Å². The lowest BCUT2D eigenvalue weighted by Crippen LogP contribution is -2.50. The minimum Gasteiger partial charge on any atom is -0.476 e. The molecule has 1 atom stereocenters. The largest absolute Gasteiger partial charge is 0.476 e. The Kier molecular flexibility index (Phi) is 3.52. The first-order valence-electron chi connectivity index (χ1n) is 6.99. The number of nitrogens with zero attached hydrogens (tertiary/aromatic N) is 1. The van der Waals surface area contributed by atoms with Crippen molar-refractivity contribution in [2.45, 2.75) is 18.9 Å². The summed E-state index contributed by atoms with van der Waals surface area (Å²) in [7, 11) is -1.93. The topological polar surface area (TPSA) is 75.7 Å². The van der Waals surface area contributed by atoms with E-state index >= 15 is 0 Å². The zero-order chi connectivity index (χ0) is 15.0. The van der Waals surface area contributed by atoms with Crippen LogP contribution in [0.15, 0.2) is 24.3 Å². The standard InChI is InChI=1S/C14H18N2O4S/c1-15-14(17)13-8-16(21(18,19)9-10-6-7-10)11-4-2-3-5-12(11)20-13/h2-5,10,13H,6-9H2,1H3,(H,15,17). The first-order chi connectivity index (χ1) is 10.0. The molecular formula is C14H18N2O4S. The maximum Gasteiger partial charge on any atom is 0.262 e. The van der Waals surface area contributed by atoms with E-state index in [1.807, 2.05) is 0 Å². The van der Waals surface area contributed by atoms with E-state index in [4.69, 9.17) is 4.74 Å². The molecule has 1 fully saturated rings. The summed E-state index contributed by atoms with van der Waals surface area (Å²) in [5.41, 5.74) is 0.512. The Balaban J connectivity index is 1.95. The van der Waals surface area contributed by atoms with Crippen molar-refractivity contribution in [1.29, 1.82) is 0 Å². The summed E-state index contributed by atoms with van der Waals surface area (Å²) < 4.78 is 32.1. The van der Waals surface area contributed by atoms with Gasteiger partial charge in [0.2, 0.25) is 10.0 Å². The number of carbonyl (C=O) groups excluding carboxylic acids is 1. The number of hydrogen-bond acceptors (Lipinski definition) is 4. The summed E-state index contributed by atoms with van der Waals surface area (Å²) in [4.78, 5) is 11.8. The molecule has 0 aromatic heterocycles. The van der Waals surface area contributed by atoms with Gasteiger partial charge in [-0.1, -0.05) is 12.1 Å². The van der Waals surface area contributed by atoms with Crippen molar-refractivity contribution in [2.24, 2.45) is 5.92 Å². The average molecular weight is 310 g/mol. The van der Waals surface area contributed by atoms with E-state index in [2.05, 4.69) is 5.32 Å². The van der Waals surface area contributed by atoms with E-state index < -0.39 is 16.1 Å². The molecule has 2 aliphatic rings. The maximum atomic E-state index is 12.6. The molecule has 1 aromatic carbocycles. The second kappa shape index (κ2) is 5.22. The molecule has 114 valence electrons. The van der Waals surface area contributed by atoms with E-state index in [-0.39, 0.29) is 24.1 Å². The average Bonchev–Trinajstić information content (AvgIpc) is 3.28. The Labute approximate surface area is 124 Å². The summed E-state index contributed by atoms with van der Waals surface area (Å²) >= 11 is 0. The highest BCUT2D eigenvalue weighted by Crippen LogP contribution is 2.37. The van der Waals surface area contributed by atoms with E-state index in [1.54, 1.807) is 24.3 Å². The molecule has 6 nitrogen and oxygen atoms in total. The normalized spacial score (nSPS) is 21.4. The number of amides is 1. The minimum absolute atomic E-state index is 0.0196. The van der Waals surface area contributed by atoms with Gasteiger partial charge in [-0.15, -0.1) is 0 Å². The molecule has 1 heterocycles. The summed E-state index contributed by atoms with van der Waals surface area (Å²) in [5, 5.41) is 2.51. The molecule has 1 aliphatic carbocycles. The van der Waals surface area contributed by atoms with E-state index in [9.17, 15) is 13.2 Å². The van der Waals surface area contributed by atoms with Gasteiger partial charge in [0.15, 0.2) is 6.10 Å². The number of sulfonamides is 1. The van der Waals surface area contributed by atoms with Crippen molar-refractivity contribution in [2.75, 3.05) is 23.7 Å². The van der Waals surface area contributed by atoms with Crippen LogP contribution in [0.3, 0.4) is 0 Å². The third-order valence-electron chi connectivity index (χ3n) is 3.75. The number of anilines is 1. The Morgan fingerprint density at radius 3 is 2.76 bits per heavy atom. The van der Waals surface area contributed by atoms with Gasteiger partial charge in [0.1, 0.15) is 5.75 Å². The fourth-order valence-electron chi connectivity index (χ4n) is 2.44. The minimum atomic E-state index is -3.43. The van der Waals surface area contributed by atoms with Gasteiger partial charge < -0.3 is 10.1 Å². The van der Waals surface area contributed by atoms with E-state index in [0.717, 1.165) is 12.8 Å². The molecule has 0 radical (unpaired) electrons. The van der Waals surface area contributed by atoms with Crippen LogP contribution in [0, 0.1) is 5.92 Å². The molecule has 1 N–H and O–H groups in total. The molecule has 3 rings (SSSR count). The fraction of sp³-hybridized carbons (Fsp3) is 0.500. The Morgan fingerprint density at radius 1 is 1.38 bits per heavy atom. The molecule has 1 aliphatic heterocycles. The van der Waals surface area contributed by atoms with Gasteiger partial charge in [0.25, 0.3) is 5.91 Å². The monoisotopic (exact) mass is 310 g/mol. The van der Waals surface area contributed by atoms with Crippen molar-refractivity contribution in [3.05, 3.63) is 24.3 Å². The molecule has 0 bridgehead atoms. The van der Waals surface area contributed by atoms with Gasteiger partial charge in [0.05, 0.1) is 18.0 Å². The van der Waals surface area contributed by atoms with Gasteiger partial charge in [-0.25, -0.2) is 8.42 Å². The molecule has 1 aromatic rings. The first-order valence-corrected chi connectivity index (χ1v) is 8.60. The number of hydrogen-bond donors (Lipinski definition) is 1. The number of ether oxygens (including phenoxy) is 1. The first kappa shape index (κ1) is 14.2. The summed E-state index contributed by atoms with van der Waals surface area (Å²) in [6.45, 7) is 0.0196. The zero-order valence-electron chi connectivity index (χ0n) is 11.8. The van der Waals surface area contributed by atoms with Crippen LogP contribution in [0.2, 0.25) is 0 Å². The second-order valence-corrected chi connectivity index (χ2v) is 7.38. The van der Waals surface area contributed by atoms with Crippen LogP contribution in [0.25, 0.3) is 0 Å². The van der Waals surface area contributed by atoms with Crippen molar-refractivity contribution >= 4 is 21.6 Å². The highest BCUT2D eigenvalue weighted by molar-refractivity contribution is 7.92. The molecule has 1 unspecified atom stereocenters. The molecule has 0 spiro atoms. The van der Waals surface area contributed by atoms with Crippen LogP contribution < -0.4 is 14.4 Å². The van der Waals surface area contributed by atoms with Crippen molar-refractivity contribution < 1.29 is 17.9 Å². The van der Waals surface area contributed by atoms with Crippen LogP contribution in [-0.2, 0) is 14.8 Å². The van der Waals surface area contributed by atoms with Gasteiger partial charge in [-0.05, 0) is 30.9 Å². The summed E-state index contributed by atoms with van der Waals surface area (Å²) in [6, 6.07) is 6.92. The third kappa shape index (κ3) is 2.83. The van der Waals surface area contributed by atoms with Crippen LogP contribution in [0.1, 0.15) is 12.8 Å². The van der Waals surface area contributed by atoms with Gasteiger partial charge in [-0.3, -0.25) is 9.10 Å². The Bertz CT molecular complexity index is 655. The molecule has 7 heteroatoms. The smallest absolute Gasteiger partial charge is 0.262 e. The van der Waals surface area contributed by atoms with Crippen LogP contribution >= 0.6 is 0 Å². The number of fused-ring (bicyclic) bond motifs is 1. The maximum absolute atomic E-state index is 12.6. The predicted octanol–water partition coefficient (Wildman–Crippen LogP) is 0.740. The number of carbonyl (C=O) groups is 1. The predicted molar refractivity (Wildman–Crippen MR) is 78.8 cm³/mol. The number of likely N-dealkylation sites (N-methyl/N-ethyl adjacent to an activating group) is 1. The zero-order valence-corrected chi connectivity index (χ0v) is 12.6. The molecule has 1 amide bonds. The number of benzene rings is 1. The number of nitrogens with one attached hydrogen (secondary N) is 1. The molecule has 1 saturated carbocycles. The molecule has 21 heavy (non-hydrogen) atoms. The molecular weight excluding hydrogens is 292 g/mol.